The number of hydrogen-bond donors (Lipinski definition) is 0. The first kappa shape index (κ1) is 15.8. The number of carbonyl (C=O) groups excluding carboxylic acids is 1. The van der Waals surface area contributed by atoms with E-state index in [0.29, 0.717) is 17.9 Å². The molecular weight excluding hydrogens is 312 g/mol. The summed E-state index contributed by atoms with van der Waals surface area (Å²) in [6.07, 6.45) is 15.5. The standard InChI is InChI=1S/C20H30N4O/c25-19(15-6-2-1-3-7-15)23-12-17(20(13-23)10-4-5-11-20)18-22-21-14-24(18)16-8-9-16/h14-17H,1-13H2. The topological polar surface area (TPSA) is 51.0 Å². The Labute approximate surface area is 150 Å². The molecule has 136 valence electrons. The molecule has 5 heteroatoms. The van der Waals surface area contributed by atoms with E-state index < -0.39 is 0 Å². The zero-order chi connectivity index (χ0) is 16.9. The fourth-order valence-corrected chi connectivity index (χ4v) is 5.82. The molecule has 0 bridgehead atoms. The lowest BCUT2D eigenvalue weighted by molar-refractivity contribution is -0.135. The first-order valence-electron chi connectivity index (χ1n) is 10.4. The predicted octanol–water partition coefficient (Wildman–Crippen LogP) is 3.68. The van der Waals surface area contributed by atoms with Gasteiger partial charge < -0.3 is 9.47 Å². The molecule has 1 saturated heterocycles. The van der Waals surface area contributed by atoms with Gasteiger partial charge in [-0.1, -0.05) is 32.1 Å². The zero-order valence-corrected chi connectivity index (χ0v) is 15.2. The van der Waals surface area contributed by atoms with E-state index in [1.165, 1.54) is 63.6 Å². The molecule has 4 aliphatic rings. The molecular formula is C20H30N4O. The van der Waals surface area contributed by atoms with Crippen molar-refractivity contribution < 1.29 is 4.79 Å². The van der Waals surface area contributed by atoms with Gasteiger partial charge in [-0.25, -0.2) is 0 Å². The lowest BCUT2D eigenvalue weighted by Gasteiger charge is -2.30. The van der Waals surface area contributed by atoms with Crippen LogP contribution in [0.2, 0.25) is 0 Å². The number of likely N-dealkylation sites (tertiary alicyclic amines) is 1. The highest BCUT2D eigenvalue weighted by molar-refractivity contribution is 5.79. The summed E-state index contributed by atoms with van der Waals surface area (Å²) in [6.45, 7) is 1.84. The molecule has 1 aromatic heterocycles. The van der Waals surface area contributed by atoms with Crippen LogP contribution in [0.4, 0.5) is 0 Å². The average Bonchev–Trinajstić information content (AvgIpc) is 3.08. The fourth-order valence-electron chi connectivity index (χ4n) is 5.82. The summed E-state index contributed by atoms with van der Waals surface area (Å²) in [6, 6.07) is 0.617. The van der Waals surface area contributed by atoms with Crippen LogP contribution in [0.15, 0.2) is 6.33 Å². The highest BCUT2D eigenvalue weighted by Crippen LogP contribution is 2.54. The molecule has 0 radical (unpaired) electrons. The van der Waals surface area contributed by atoms with Gasteiger partial charge in [0.25, 0.3) is 0 Å². The average molecular weight is 342 g/mol. The van der Waals surface area contributed by atoms with Gasteiger partial charge in [-0.2, -0.15) is 0 Å². The summed E-state index contributed by atoms with van der Waals surface area (Å²) < 4.78 is 2.33. The Hall–Kier alpha value is -1.39. The Kier molecular flexibility index (Phi) is 3.86. The Morgan fingerprint density at radius 2 is 1.80 bits per heavy atom. The second-order valence-electron chi connectivity index (χ2n) is 9.00. The monoisotopic (exact) mass is 342 g/mol. The fraction of sp³-hybridized carbons (Fsp3) is 0.850. The van der Waals surface area contributed by atoms with Crippen LogP contribution < -0.4 is 0 Å². The lowest BCUT2D eigenvalue weighted by atomic mass is 9.76. The molecule has 3 aliphatic carbocycles. The van der Waals surface area contributed by atoms with Crippen molar-refractivity contribution in [3.63, 3.8) is 0 Å². The summed E-state index contributed by atoms with van der Waals surface area (Å²) in [7, 11) is 0. The molecule has 5 rings (SSSR count). The predicted molar refractivity (Wildman–Crippen MR) is 95.1 cm³/mol. The molecule has 1 aliphatic heterocycles. The van der Waals surface area contributed by atoms with Crippen molar-refractivity contribution in [2.45, 2.75) is 82.6 Å². The molecule has 1 amide bonds. The summed E-state index contributed by atoms with van der Waals surface area (Å²) in [5, 5.41) is 8.81. The SMILES string of the molecule is O=C(C1CCCCC1)N1CC(c2nncn2C2CC2)C2(CCCC2)C1. The van der Waals surface area contributed by atoms with Crippen LogP contribution in [0.5, 0.6) is 0 Å². The van der Waals surface area contributed by atoms with Crippen molar-refractivity contribution in [2.75, 3.05) is 13.1 Å². The maximum Gasteiger partial charge on any atom is 0.225 e. The van der Waals surface area contributed by atoms with Gasteiger partial charge in [0.2, 0.25) is 5.91 Å². The lowest BCUT2D eigenvalue weighted by Crippen LogP contribution is -2.36. The number of hydrogen-bond acceptors (Lipinski definition) is 3. The molecule has 0 N–H and O–H groups in total. The van der Waals surface area contributed by atoms with Gasteiger partial charge in [-0.3, -0.25) is 4.79 Å². The van der Waals surface area contributed by atoms with Crippen molar-refractivity contribution in [3.8, 4) is 0 Å². The molecule has 1 unspecified atom stereocenters. The number of carbonyl (C=O) groups is 1. The molecule has 4 fully saturated rings. The van der Waals surface area contributed by atoms with E-state index >= 15 is 0 Å². The summed E-state index contributed by atoms with van der Waals surface area (Å²) >= 11 is 0. The van der Waals surface area contributed by atoms with Crippen molar-refractivity contribution in [2.24, 2.45) is 11.3 Å². The van der Waals surface area contributed by atoms with Gasteiger partial charge in [0.1, 0.15) is 12.2 Å². The summed E-state index contributed by atoms with van der Waals surface area (Å²) in [4.78, 5) is 15.4. The number of nitrogens with zero attached hydrogens (tertiary/aromatic N) is 4. The maximum atomic E-state index is 13.2. The highest BCUT2D eigenvalue weighted by atomic mass is 16.2. The second kappa shape index (κ2) is 6.10. The highest BCUT2D eigenvalue weighted by Gasteiger charge is 2.52. The Morgan fingerprint density at radius 1 is 1.04 bits per heavy atom. The molecule has 1 atom stereocenters. The molecule has 1 aromatic rings. The quantitative estimate of drug-likeness (QED) is 0.842. The van der Waals surface area contributed by atoms with Gasteiger partial charge in [-0.15, -0.1) is 10.2 Å². The van der Waals surface area contributed by atoms with E-state index in [4.69, 9.17) is 0 Å². The van der Waals surface area contributed by atoms with Gasteiger partial charge in [0, 0.05) is 31.0 Å². The van der Waals surface area contributed by atoms with E-state index in [-0.39, 0.29) is 11.3 Å². The Balaban J connectivity index is 1.41. The summed E-state index contributed by atoms with van der Waals surface area (Å²) in [5.74, 6) is 2.28. The second-order valence-corrected chi connectivity index (χ2v) is 9.00. The van der Waals surface area contributed by atoms with E-state index in [1.54, 1.807) is 0 Å². The molecule has 25 heavy (non-hydrogen) atoms. The van der Waals surface area contributed by atoms with Crippen LogP contribution in [0.3, 0.4) is 0 Å². The molecule has 5 nitrogen and oxygen atoms in total. The van der Waals surface area contributed by atoms with Gasteiger partial charge in [-0.05, 0) is 43.9 Å². The van der Waals surface area contributed by atoms with Crippen molar-refractivity contribution in [1.29, 1.82) is 0 Å². The van der Waals surface area contributed by atoms with E-state index in [0.717, 1.165) is 25.9 Å². The normalized spacial score (nSPS) is 29.6. The smallest absolute Gasteiger partial charge is 0.225 e. The Bertz CT molecular complexity index is 638. The molecule has 2 heterocycles. The third-order valence-electron chi connectivity index (χ3n) is 7.37. The number of aromatic nitrogens is 3. The third kappa shape index (κ3) is 2.70. The third-order valence-corrected chi connectivity index (χ3v) is 7.37. The minimum atomic E-state index is 0.268. The molecule has 0 aromatic carbocycles. The Morgan fingerprint density at radius 3 is 2.52 bits per heavy atom. The van der Waals surface area contributed by atoms with E-state index in [9.17, 15) is 4.79 Å². The van der Waals surface area contributed by atoms with Crippen LogP contribution in [0.1, 0.15) is 88.4 Å². The van der Waals surface area contributed by atoms with Gasteiger partial charge >= 0.3 is 0 Å². The van der Waals surface area contributed by atoms with Crippen molar-refractivity contribution >= 4 is 5.91 Å². The van der Waals surface area contributed by atoms with Gasteiger partial charge in [0.15, 0.2) is 0 Å². The minimum Gasteiger partial charge on any atom is -0.341 e. The van der Waals surface area contributed by atoms with Crippen molar-refractivity contribution in [1.82, 2.24) is 19.7 Å². The van der Waals surface area contributed by atoms with Crippen LogP contribution in [0.25, 0.3) is 0 Å². The molecule has 3 saturated carbocycles. The largest absolute Gasteiger partial charge is 0.341 e. The van der Waals surface area contributed by atoms with E-state index in [1.807, 2.05) is 6.33 Å². The minimum absolute atomic E-state index is 0.268. The zero-order valence-electron chi connectivity index (χ0n) is 15.2. The number of amides is 1. The van der Waals surface area contributed by atoms with Crippen LogP contribution in [0, 0.1) is 11.3 Å². The first-order chi connectivity index (χ1) is 12.3. The van der Waals surface area contributed by atoms with Crippen LogP contribution in [-0.2, 0) is 4.79 Å². The maximum absolute atomic E-state index is 13.2. The van der Waals surface area contributed by atoms with E-state index in [2.05, 4.69) is 19.7 Å². The van der Waals surface area contributed by atoms with Crippen molar-refractivity contribution in [3.05, 3.63) is 12.2 Å². The first-order valence-corrected chi connectivity index (χ1v) is 10.4. The van der Waals surface area contributed by atoms with Crippen LogP contribution >= 0.6 is 0 Å². The number of rotatable bonds is 3. The van der Waals surface area contributed by atoms with Gasteiger partial charge in [0.05, 0.1) is 0 Å². The summed E-state index contributed by atoms with van der Waals surface area (Å²) in [5.41, 5.74) is 0.268. The molecule has 1 spiro atoms. The van der Waals surface area contributed by atoms with Crippen LogP contribution in [-0.4, -0.2) is 38.7 Å².